The van der Waals surface area contributed by atoms with E-state index in [0.29, 0.717) is 18.9 Å². The Morgan fingerprint density at radius 1 is 1.30 bits per heavy atom. The monoisotopic (exact) mass is 325 g/mol. The summed E-state index contributed by atoms with van der Waals surface area (Å²) in [5.41, 5.74) is -0.853. The van der Waals surface area contributed by atoms with E-state index in [2.05, 4.69) is 15.2 Å². The molecular weight excluding hydrogens is 307 g/mol. The third-order valence-corrected chi connectivity index (χ3v) is 4.12. The summed E-state index contributed by atoms with van der Waals surface area (Å²) in [6.45, 7) is 4.10. The van der Waals surface area contributed by atoms with E-state index in [1.54, 1.807) is 12.4 Å². The summed E-state index contributed by atoms with van der Waals surface area (Å²) in [6.07, 6.45) is -0.891. The summed E-state index contributed by atoms with van der Waals surface area (Å²) < 4.78 is 40.5. The fourth-order valence-corrected chi connectivity index (χ4v) is 2.98. The van der Waals surface area contributed by atoms with E-state index in [-0.39, 0.29) is 5.92 Å². The number of aryl methyl sites for hydroxylation is 1. The van der Waals surface area contributed by atoms with Gasteiger partial charge in [0.2, 0.25) is 0 Å². The minimum absolute atomic E-state index is 0.155. The Bertz CT molecular complexity index is 667. The number of pyridine rings is 1. The molecule has 1 saturated heterocycles. The number of piperidine rings is 1. The fraction of sp³-hybridized carbons (Fsp3) is 0.533. The van der Waals surface area contributed by atoms with Crippen molar-refractivity contribution in [3.05, 3.63) is 36.0 Å². The molecule has 3 rings (SSSR count). The maximum atomic E-state index is 12.8. The van der Waals surface area contributed by atoms with E-state index in [1.165, 1.54) is 6.07 Å². The van der Waals surface area contributed by atoms with Gasteiger partial charge < -0.3 is 9.47 Å². The van der Waals surface area contributed by atoms with E-state index >= 15 is 0 Å². The number of rotatable bonds is 3. The molecule has 5 nitrogen and oxygen atoms in total. The average Bonchev–Trinajstić information content (AvgIpc) is 3.03. The lowest BCUT2D eigenvalue weighted by atomic mass is 9.97. The number of alkyl halides is 3. The van der Waals surface area contributed by atoms with Gasteiger partial charge in [-0.2, -0.15) is 13.2 Å². The first-order chi connectivity index (χ1) is 11.0. The molecule has 0 N–H and O–H groups in total. The van der Waals surface area contributed by atoms with Crippen molar-refractivity contribution in [3.63, 3.8) is 0 Å². The maximum Gasteiger partial charge on any atom is 0.433 e. The second kappa shape index (κ2) is 6.17. The van der Waals surface area contributed by atoms with Crippen LogP contribution in [0.4, 0.5) is 19.0 Å². The normalized spacial score (nSPS) is 19.1. The van der Waals surface area contributed by atoms with Crippen LogP contribution in [0.2, 0.25) is 0 Å². The Kier molecular flexibility index (Phi) is 4.23. The number of anilines is 1. The maximum absolute atomic E-state index is 12.8. The fourth-order valence-electron chi connectivity index (χ4n) is 2.98. The quantitative estimate of drug-likeness (QED) is 0.870. The van der Waals surface area contributed by atoms with Crippen molar-refractivity contribution >= 4 is 5.82 Å². The highest BCUT2D eigenvalue weighted by molar-refractivity contribution is 5.41. The lowest BCUT2D eigenvalue weighted by Crippen LogP contribution is -2.36. The van der Waals surface area contributed by atoms with Crippen LogP contribution in [-0.2, 0) is 12.7 Å². The molecule has 0 radical (unpaired) electrons. The van der Waals surface area contributed by atoms with Gasteiger partial charge >= 0.3 is 6.18 Å². The number of nitrogens with zero attached hydrogens (tertiary/aromatic N) is 5. The first-order valence-corrected chi connectivity index (χ1v) is 7.66. The van der Waals surface area contributed by atoms with Crippen molar-refractivity contribution in [2.45, 2.75) is 38.4 Å². The van der Waals surface area contributed by atoms with E-state index < -0.39 is 11.9 Å². The van der Waals surface area contributed by atoms with E-state index in [4.69, 9.17) is 0 Å². The van der Waals surface area contributed by atoms with Crippen LogP contribution < -0.4 is 4.90 Å². The first kappa shape index (κ1) is 15.8. The van der Waals surface area contributed by atoms with Gasteiger partial charge in [0.25, 0.3) is 0 Å². The van der Waals surface area contributed by atoms with Crippen molar-refractivity contribution in [1.29, 1.82) is 0 Å². The highest BCUT2D eigenvalue weighted by Crippen LogP contribution is 2.31. The number of halogens is 3. The van der Waals surface area contributed by atoms with Gasteiger partial charge in [0.05, 0.1) is 0 Å². The standard InChI is InChI=1S/C15H18F3N5/c1-2-22-10-19-21-14(22)11-5-4-8-23(9-11)13-7-3-6-12(20-13)15(16,17)18/h3,6-7,10-11H,2,4-5,8-9H2,1H3/t11-/m0/s1. The van der Waals surface area contributed by atoms with Crippen molar-refractivity contribution in [2.24, 2.45) is 0 Å². The summed E-state index contributed by atoms with van der Waals surface area (Å²) in [7, 11) is 0. The second-order valence-electron chi connectivity index (χ2n) is 5.64. The van der Waals surface area contributed by atoms with Gasteiger partial charge in [-0.05, 0) is 31.9 Å². The van der Waals surface area contributed by atoms with Gasteiger partial charge in [-0.25, -0.2) is 4.98 Å². The minimum atomic E-state index is -4.42. The molecule has 0 amide bonds. The molecule has 2 aromatic heterocycles. The highest BCUT2D eigenvalue weighted by atomic mass is 19.4. The second-order valence-corrected chi connectivity index (χ2v) is 5.64. The molecule has 124 valence electrons. The zero-order valence-corrected chi connectivity index (χ0v) is 12.8. The average molecular weight is 325 g/mol. The van der Waals surface area contributed by atoms with Crippen LogP contribution in [0.25, 0.3) is 0 Å². The molecule has 1 fully saturated rings. The van der Waals surface area contributed by atoms with Crippen LogP contribution in [0.1, 0.15) is 37.2 Å². The number of aromatic nitrogens is 4. The molecule has 8 heteroatoms. The molecule has 0 spiro atoms. The molecule has 0 aromatic carbocycles. The van der Waals surface area contributed by atoms with Crippen LogP contribution in [-0.4, -0.2) is 32.8 Å². The zero-order valence-electron chi connectivity index (χ0n) is 12.8. The summed E-state index contributed by atoms with van der Waals surface area (Å²) in [5, 5.41) is 8.12. The van der Waals surface area contributed by atoms with E-state index in [9.17, 15) is 13.2 Å². The van der Waals surface area contributed by atoms with Gasteiger partial charge in [-0.3, -0.25) is 0 Å². The first-order valence-electron chi connectivity index (χ1n) is 7.66. The highest BCUT2D eigenvalue weighted by Gasteiger charge is 2.33. The molecule has 0 unspecified atom stereocenters. The van der Waals surface area contributed by atoms with E-state index in [1.807, 2.05) is 16.4 Å². The minimum Gasteiger partial charge on any atom is -0.356 e. The third-order valence-electron chi connectivity index (χ3n) is 4.12. The van der Waals surface area contributed by atoms with Crippen LogP contribution in [0, 0.1) is 0 Å². The van der Waals surface area contributed by atoms with Crippen LogP contribution >= 0.6 is 0 Å². The molecule has 1 aliphatic rings. The molecule has 1 atom stereocenters. The zero-order chi connectivity index (χ0) is 16.4. The van der Waals surface area contributed by atoms with Crippen LogP contribution in [0.15, 0.2) is 24.5 Å². The van der Waals surface area contributed by atoms with Gasteiger partial charge in [0.1, 0.15) is 23.7 Å². The molecule has 0 bridgehead atoms. The lowest BCUT2D eigenvalue weighted by Gasteiger charge is -2.33. The Balaban J connectivity index is 1.81. The number of hydrogen-bond acceptors (Lipinski definition) is 4. The summed E-state index contributed by atoms with van der Waals surface area (Å²) in [5.74, 6) is 1.42. The smallest absolute Gasteiger partial charge is 0.356 e. The van der Waals surface area contributed by atoms with Crippen molar-refractivity contribution in [3.8, 4) is 0 Å². The predicted molar refractivity (Wildman–Crippen MR) is 79.1 cm³/mol. The van der Waals surface area contributed by atoms with Gasteiger partial charge in [-0.1, -0.05) is 6.07 Å². The predicted octanol–water partition coefficient (Wildman–Crippen LogP) is 3.10. The Morgan fingerprint density at radius 3 is 2.87 bits per heavy atom. The van der Waals surface area contributed by atoms with Crippen molar-refractivity contribution in [1.82, 2.24) is 19.7 Å². The summed E-state index contributed by atoms with van der Waals surface area (Å²) in [6, 6.07) is 4.03. The van der Waals surface area contributed by atoms with Gasteiger partial charge in [0.15, 0.2) is 0 Å². The Labute approximate surface area is 132 Å². The molecule has 0 saturated carbocycles. The summed E-state index contributed by atoms with van der Waals surface area (Å²) >= 11 is 0. The lowest BCUT2D eigenvalue weighted by molar-refractivity contribution is -0.141. The number of hydrogen-bond donors (Lipinski definition) is 0. The van der Waals surface area contributed by atoms with Crippen LogP contribution in [0.3, 0.4) is 0 Å². The topological polar surface area (TPSA) is 46.8 Å². The SMILES string of the molecule is CCn1cnnc1[C@H]1CCCN(c2cccc(C(F)(F)F)n2)C1. The van der Waals surface area contributed by atoms with Gasteiger partial charge in [-0.15, -0.1) is 10.2 Å². The third kappa shape index (κ3) is 3.30. The Hall–Kier alpha value is -2.12. The van der Waals surface area contributed by atoms with Crippen LogP contribution in [0.5, 0.6) is 0 Å². The van der Waals surface area contributed by atoms with Crippen molar-refractivity contribution in [2.75, 3.05) is 18.0 Å². The van der Waals surface area contributed by atoms with E-state index in [0.717, 1.165) is 31.3 Å². The Morgan fingerprint density at radius 2 is 2.13 bits per heavy atom. The molecule has 2 aromatic rings. The molecule has 1 aliphatic heterocycles. The summed E-state index contributed by atoms with van der Waals surface area (Å²) in [4.78, 5) is 5.69. The molecular formula is C15H18F3N5. The largest absolute Gasteiger partial charge is 0.433 e. The molecule has 23 heavy (non-hydrogen) atoms. The molecule has 3 heterocycles. The van der Waals surface area contributed by atoms with Gasteiger partial charge in [0, 0.05) is 25.6 Å². The molecule has 0 aliphatic carbocycles. The van der Waals surface area contributed by atoms with Crippen molar-refractivity contribution < 1.29 is 13.2 Å².